The molecule has 0 radical (unpaired) electrons. The van der Waals surface area contributed by atoms with Crippen molar-refractivity contribution in [2.75, 3.05) is 7.05 Å². The standard InChI is InChI=1S/C17H23FN2O/c1-4-15(19)17(16-9-8-12(2)21-16)20(3)11-13-6-5-7-14(18)10-13/h5-10,15,17H,4,11,19H2,1-3H3. The minimum Gasteiger partial charge on any atom is -0.465 e. The fourth-order valence-corrected chi connectivity index (χ4v) is 2.61. The van der Waals surface area contributed by atoms with Gasteiger partial charge in [-0.2, -0.15) is 0 Å². The summed E-state index contributed by atoms with van der Waals surface area (Å²) in [5.41, 5.74) is 7.19. The van der Waals surface area contributed by atoms with E-state index in [1.165, 1.54) is 6.07 Å². The molecule has 2 atom stereocenters. The molecule has 4 heteroatoms. The molecule has 2 aromatic rings. The van der Waals surface area contributed by atoms with E-state index in [0.29, 0.717) is 6.54 Å². The molecule has 1 aromatic heterocycles. The Morgan fingerprint density at radius 1 is 1.29 bits per heavy atom. The van der Waals surface area contributed by atoms with Crippen molar-refractivity contribution in [2.45, 2.75) is 38.9 Å². The summed E-state index contributed by atoms with van der Waals surface area (Å²) in [5.74, 6) is 1.52. The molecule has 0 spiro atoms. The van der Waals surface area contributed by atoms with Gasteiger partial charge in [0.25, 0.3) is 0 Å². The van der Waals surface area contributed by atoms with Gasteiger partial charge in [-0.15, -0.1) is 0 Å². The molecule has 0 aliphatic rings. The van der Waals surface area contributed by atoms with Gasteiger partial charge in [-0.25, -0.2) is 4.39 Å². The van der Waals surface area contributed by atoms with E-state index in [2.05, 4.69) is 11.8 Å². The number of halogens is 1. The lowest BCUT2D eigenvalue weighted by atomic mass is 10.0. The van der Waals surface area contributed by atoms with Gasteiger partial charge in [0.15, 0.2) is 0 Å². The lowest BCUT2D eigenvalue weighted by Crippen LogP contribution is -2.38. The Balaban J connectivity index is 2.20. The zero-order valence-electron chi connectivity index (χ0n) is 12.8. The van der Waals surface area contributed by atoms with Crippen LogP contribution >= 0.6 is 0 Å². The van der Waals surface area contributed by atoms with Crippen molar-refractivity contribution in [1.82, 2.24) is 4.90 Å². The van der Waals surface area contributed by atoms with Crippen LogP contribution in [0.1, 0.15) is 36.5 Å². The van der Waals surface area contributed by atoms with E-state index in [0.717, 1.165) is 23.5 Å². The number of hydrogen-bond acceptors (Lipinski definition) is 3. The maximum atomic E-state index is 13.3. The van der Waals surface area contributed by atoms with Crippen LogP contribution in [-0.4, -0.2) is 18.0 Å². The van der Waals surface area contributed by atoms with E-state index in [-0.39, 0.29) is 17.9 Å². The molecule has 0 amide bonds. The quantitative estimate of drug-likeness (QED) is 0.883. The van der Waals surface area contributed by atoms with Crippen molar-refractivity contribution in [1.29, 1.82) is 0 Å². The van der Waals surface area contributed by atoms with Gasteiger partial charge in [0.1, 0.15) is 17.3 Å². The Labute approximate surface area is 125 Å². The summed E-state index contributed by atoms with van der Waals surface area (Å²) in [6.07, 6.45) is 0.845. The fourth-order valence-electron chi connectivity index (χ4n) is 2.61. The smallest absolute Gasteiger partial charge is 0.123 e. The molecule has 21 heavy (non-hydrogen) atoms. The van der Waals surface area contributed by atoms with Crippen molar-refractivity contribution < 1.29 is 8.81 Å². The Kier molecular flexibility index (Phi) is 5.15. The number of rotatable bonds is 6. The van der Waals surface area contributed by atoms with Crippen LogP contribution in [0.5, 0.6) is 0 Å². The molecule has 1 heterocycles. The Morgan fingerprint density at radius 3 is 2.62 bits per heavy atom. The first-order chi connectivity index (χ1) is 10.0. The van der Waals surface area contributed by atoms with Gasteiger partial charge in [0.2, 0.25) is 0 Å². The van der Waals surface area contributed by atoms with Crippen LogP contribution in [0.2, 0.25) is 0 Å². The summed E-state index contributed by atoms with van der Waals surface area (Å²) in [4.78, 5) is 2.11. The molecule has 0 saturated heterocycles. The van der Waals surface area contributed by atoms with E-state index in [9.17, 15) is 4.39 Å². The van der Waals surface area contributed by atoms with Crippen LogP contribution in [0.15, 0.2) is 40.8 Å². The summed E-state index contributed by atoms with van der Waals surface area (Å²) in [6.45, 7) is 4.60. The third kappa shape index (κ3) is 3.93. The lowest BCUT2D eigenvalue weighted by Gasteiger charge is -2.30. The van der Waals surface area contributed by atoms with E-state index in [4.69, 9.17) is 10.2 Å². The average molecular weight is 290 g/mol. The fraction of sp³-hybridized carbons (Fsp3) is 0.412. The highest BCUT2D eigenvalue weighted by Crippen LogP contribution is 2.27. The number of furan rings is 1. The number of likely N-dealkylation sites (N-methyl/N-ethyl adjacent to an activating group) is 1. The first-order valence-electron chi connectivity index (χ1n) is 7.28. The van der Waals surface area contributed by atoms with Crippen molar-refractivity contribution in [3.63, 3.8) is 0 Å². The summed E-state index contributed by atoms with van der Waals surface area (Å²) in [6, 6.07) is 10.5. The lowest BCUT2D eigenvalue weighted by molar-refractivity contribution is 0.174. The second-order valence-corrected chi connectivity index (χ2v) is 5.51. The molecule has 3 nitrogen and oxygen atoms in total. The third-order valence-corrected chi connectivity index (χ3v) is 3.73. The van der Waals surface area contributed by atoms with Gasteiger partial charge < -0.3 is 10.2 Å². The Morgan fingerprint density at radius 2 is 2.05 bits per heavy atom. The molecule has 1 aromatic carbocycles. The van der Waals surface area contributed by atoms with Crippen LogP contribution < -0.4 is 5.73 Å². The topological polar surface area (TPSA) is 42.4 Å². The monoisotopic (exact) mass is 290 g/mol. The Hall–Kier alpha value is -1.65. The number of nitrogens with two attached hydrogens (primary N) is 1. The second-order valence-electron chi connectivity index (χ2n) is 5.51. The zero-order valence-corrected chi connectivity index (χ0v) is 12.8. The number of nitrogens with zero attached hydrogens (tertiary/aromatic N) is 1. The van der Waals surface area contributed by atoms with Gasteiger partial charge in [0.05, 0.1) is 6.04 Å². The van der Waals surface area contributed by atoms with Crippen molar-refractivity contribution >= 4 is 0 Å². The average Bonchev–Trinajstić information content (AvgIpc) is 2.85. The van der Waals surface area contributed by atoms with Crippen LogP contribution in [-0.2, 0) is 6.54 Å². The molecule has 2 rings (SSSR count). The van der Waals surface area contributed by atoms with E-state index >= 15 is 0 Å². The van der Waals surface area contributed by atoms with Crippen molar-refractivity contribution in [2.24, 2.45) is 5.73 Å². The van der Waals surface area contributed by atoms with Gasteiger partial charge in [-0.05, 0) is 50.2 Å². The molecular formula is C17H23FN2O. The highest BCUT2D eigenvalue weighted by Gasteiger charge is 2.26. The van der Waals surface area contributed by atoms with Gasteiger partial charge in [-0.3, -0.25) is 4.90 Å². The zero-order chi connectivity index (χ0) is 15.4. The van der Waals surface area contributed by atoms with Gasteiger partial charge in [-0.1, -0.05) is 19.1 Å². The molecule has 0 aliphatic carbocycles. The predicted octanol–water partition coefficient (Wildman–Crippen LogP) is 3.64. The molecule has 0 saturated carbocycles. The Bertz CT molecular complexity index is 582. The third-order valence-electron chi connectivity index (χ3n) is 3.73. The normalized spacial score (nSPS) is 14.4. The minimum atomic E-state index is -0.217. The largest absolute Gasteiger partial charge is 0.465 e. The summed E-state index contributed by atoms with van der Waals surface area (Å²) >= 11 is 0. The number of aryl methyl sites for hydroxylation is 1. The van der Waals surface area contributed by atoms with Gasteiger partial charge >= 0.3 is 0 Å². The highest BCUT2D eigenvalue weighted by molar-refractivity contribution is 5.17. The molecule has 0 bridgehead atoms. The highest BCUT2D eigenvalue weighted by atomic mass is 19.1. The van der Waals surface area contributed by atoms with Crippen LogP contribution in [0, 0.1) is 12.7 Å². The molecule has 2 unspecified atom stereocenters. The number of hydrogen-bond donors (Lipinski definition) is 1. The summed E-state index contributed by atoms with van der Waals surface area (Å²) < 4.78 is 19.1. The van der Waals surface area contributed by atoms with Crippen molar-refractivity contribution in [3.8, 4) is 0 Å². The van der Waals surface area contributed by atoms with Gasteiger partial charge in [0, 0.05) is 12.6 Å². The van der Waals surface area contributed by atoms with Crippen molar-refractivity contribution in [3.05, 3.63) is 59.3 Å². The van der Waals surface area contributed by atoms with Crippen LogP contribution in [0.3, 0.4) is 0 Å². The second kappa shape index (κ2) is 6.87. The van der Waals surface area contributed by atoms with E-state index in [1.54, 1.807) is 12.1 Å². The SMILES string of the molecule is CCC(N)C(c1ccc(C)o1)N(C)Cc1cccc(F)c1. The first kappa shape index (κ1) is 15.7. The molecule has 2 N–H and O–H groups in total. The minimum absolute atomic E-state index is 0.0213. The first-order valence-corrected chi connectivity index (χ1v) is 7.28. The molecule has 0 aliphatic heterocycles. The molecule has 0 fully saturated rings. The van der Waals surface area contributed by atoms with Crippen LogP contribution in [0.25, 0.3) is 0 Å². The predicted molar refractivity (Wildman–Crippen MR) is 82.3 cm³/mol. The van der Waals surface area contributed by atoms with Crippen LogP contribution in [0.4, 0.5) is 4.39 Å². The van der Waals surface area contributed by atoms with E-state index < -0.39 is 0 Å². The maximum Gasteiger partial charge on any atom is 0.123 e. The summed E-state index contributed by atoms with van der Waals surface area (Å²) in [7, 11) is 1.99. The molecule has 114 valence electrons. The van der Waals surface area contributed by atoms with E-state index in [1.807, 2.05) is 32.2 Å². The number of benzene rings is 1. The molecular weight excluding hydrogens is 267 g/mol. The summed E-state index contributed by atoms with van der Waals surface area (Å²) in [5, 5.41) is 0. The maximum absolute atomic E-state index is 13.3.